The van der Waals surface area contributed by atoms with Crippen LogP contribution in [-0.2, 0) is 17.5 Å². The van der Waals surface area contributed by atoms with Crippen LogP contribution in [0.5, 0.6) is 5.75 Å². The Morgan fingerprint density at radius 2 is 1.75 bits per heavy atom. The summed E-state index contributed by atoms with van der Waals surface area (Å²) in [5.41, 5.74) is 0.0471. The van der Waals surface area contributed by atoms with Gasteiger partial charge in [-0.2, -0.15) is 13.2 Å². The van der Waals surface area contributed by atoms with Crippen LogP contribution in [0.3, 0.4) is 0 Å². The van der Waals surface area contributed by atoms with Gasteiger partial charge < -0.3 is 20.1 Å². The first kappa shape index (κ1) is 29.1. The number of carbonyl (C=O) groups is 2. The number of alkyl halides is 3. The van der Waals surface area contributed by atoms with E-state index in [9.17, 15) is 27.9 Å². The van der Waals surface area contributed by atoms with Crippen molar-refractivity contribution in [2.75, 3.05) is 7.11 Å². The molecule has 4 rings (SSSR count). The fourth-order valence-corrected chi connectivity index (χ4v) is 5.64. The van der Waals surface area contributed by atoms with Crippen molar-refractivity contribution in [3.8, 4) is 5.75 Å². The van der Waals surface area contributed by atoms with E-state index in [2.05, 4.69) is 10.3 Å². The third-order valence-electron chi connectivity index (χ3n) is 7.35. The number of halogens is 3. The molecule has 212 valence electrons. The zero-order chi connectivity index (χ0) is 29.2. The molecule has 10 heteroatoms. The normalized spacial score (nSPS) is 21.3. The second-order valence-corrected chi connectivity index (χ2v) is 10.9. The molecule has 1 aromatic heterocycles. The summed E-state index contributed by atoms with van der Waals surface area (Å²) < 4.78 is 45.2. The lowest BCUT2D eigenvalue weighted by molar-refractivity contribution is -0.144. The van der Waals surface area contributed by atoms with Crippen molar-refractivity contribution in [2.45, 2.75) is 51.6 Å². The van der Waals surface area contributed by atoms with Gasteiger partial charge in [0.2, 0.25) is 0 Å². The van der Waals surface area contributed by atoms with Crippen LogP contribution in [-0.4, -0.2) is 46.1 Å². The molecule has 2 aromatic carbocycles. The van der Waals surface area contributed by atoms with Gasteiger partial charge in [0.1, 0.15) is 11.8 Å². The fourth-order valence-electron chi connectivity index (χ4n) is 5.64. The number of hydrogen-bond acceptors (Lipinski definition) is 5. The first-order valence-electron chi connectivity index (χ1n) is 12.8. The second-order valence-electron chi connectivity index (χ2n) is 10.9. The first-order chi connectivity index (χ1) is 18.8. The number of carbonyl (C=O) groups excluding carboxylic acids is 1. The lowest BCUT2D eigenvalue weighted by Gasteiger charge is -2.35. The molecule has 1 aliphatic heterocycles. The number of likely N-dealkylation sites (tertiary alicyclic amines) is 1. The van der Waals surface area contributed by atoms with E-state index in [4.69, 9.17) is 4.74 Å². The van der Waals surface area contributed by atoms with Gasteiger partial charge in [-0.05, 0) is 35.2 Å². The molecule has 0 radical (unpaired) electrons. The lowest BCUT2D eigenvalue weighted by atomic mass is 9.72. The number of aromatic nitrogens is 1. The first-order valence-corrected chi connectivity index (χ1v) is 12.8. The maximum absolute atomic E-state index is 13.9. The molecular weight excluding hydrogens is 523 g/mol. The molecule has 4 atom stereocenters. The van der Waals surface area contributed by atoms with Crippen LogP contribution in [0.4, 0.5) is 13.2 Å². The maximum Gasteiger partial charge on any atom is 0.416 e. The van der Waals surface area contributed by atoms with Gasteiger partial charge in [-0.15, -0.1) is 0 Å². The number of methoxy groups -OCH3 is 1. The summed E-state index contributed by atoms with van der Waals surface area (Å²) in [7, 11) is 1.30. The van der Waals surface area contributed by atoms with Crippen LogP contribution >= 0.6 is 0 Å². The second kappa shape index (κ2) is 11.3. The summed E-state index contributed by atoms with van der Waals surface area (Å²) in [6.45, 7) is 5.84. The van der Waals surface area contributed by atoms with Gasteiger partial charge in [-0.1, -0.05) is 57.2 Å². The summed E-state index contributed by atoms with van der Waals surface area (Å²) in [6, 6.07) is 13.2. The molecule has 0 aliphatic carbocycles. The van der Waals surface area contributed by atoms with Gasteiger partial charge >= 0.3 is 12.1 Å². The van der Waals surface area contributed by atoms with E-state index >= 15 is 0 Å². The Morgan fingerprint density at radius 3 is 2.30 bits per heavy atom. The van der Waals surface area contributed by atoms with Crippen LogP contribution in [0.2, 0.25) is 0 Å². The zero-order valence-electron chi connectivity index (χ0n) is 22.6. The molecule has 40 heavy (non-hydrogen) atoms. The minimum atomic E-state index is -4.53. The number of nitrogens with zero attached hydrogens (tertiary/aromatic N) is 2. The standard InChI is InChI=1S/C30H32F3N3O4/c1-29(2,3)23-24(35-17-19-12-13-21(30(31,32)33)15-22(19)40-4)25(18-9-6-5-7-10-18)36(26(23)28(38)39)27(37)20-11-8-14-34-16-20/h5-16,23-26,35H,17H2,1-4H3,(H,38,39)/t23-,24-,25-,26-/m0/s1. The largest absolute Gasteiger partial charge is 0.496 e. The van der Waals surface area contributed by atoms with Gasteiger partial charge in [0.15, 0.2) is 0 Å². The van der Waals surface area contributed by atoms with E-state index in [1.54, 1.807) is 12.1 Å². The smallest absolute Gasteiger partial charge is 0.416 e. The monoisotopic (exact) mass is 555 g/mol. The molecule has 0 saturated carbocycles. The summed E-state index contributed by atoms with van der Waals surface area (Å²) in [6.07, 6.45) is -1.59. The third kappa shape index (κ3) is 5.82. The van der Waals surface area contributed by atoms with Crippen molar-refractivity contribution < 1.29 is 32.6 Å². The molecule has 0 spiro atoms. The minimum Gasteiger partial charge on any atom is -0.496 e. The number of carboxylic acids is 1. The molecule has 1 aliphatic rings. The number of amides is 1. The third-order valence-corrected chi connectivity index (χ3v) is 7.35. The number of hydrogen-bond donors (Lipinski definition) is 2. The predicted molar refractivity (Wildman–Crippen MR) is 143 cm³/mol. The lowest BCUT2D eigenvalue weighted by Crippen LogP contribution is -2.48. The summed E-state index contributed by atoms with van der Waals surface area (Å²) in [5.74, 6) is -2.13. The number of rotatable bonds is 7. The summed E-state index contributed by atoms with van der Waals surface area (Å²) in [4.78, 5) is 32.3. The predicted octanol–water partition coefficient (Wildman–Crippen LogP) is 5.58. The Bertz CT molecular complexity index is 1340. The Labute approximate surface area is 231 Å². The van der Waals surface area contributed by atoms with Gasteiger partial charge in [-0.25, -0.2) is 4.79 Å². The van der Waals surface area contributed by atoms with Crippen molar-refractivity contribution in [1.82, 2.24) is 15.2 Å². The molecule has 3 aromatic rings. The van der Waals surface area contributed by atoms with Crippen LogP contribution in [0.15, 0.2) is 73.1 Å². The fraction of sp³-hybridized carbons (Fsp3) is 0.367. The molecule has 1 fully saturated rings. The van der Waals surface area contributed by atoms with E-state index in [1.165, 1.54) is 30.5 Å². The van der Waals surface area contributed by atoms with E-state index < -0.39 is 53.1 Å². The van der Waals surface area contributed by atoms with E-state index in [0.29, 0.717) is 5.56 Å². The maximum atomic E-state index is 13.9. The number of carboxylic acid groups (broad SMARTS) is 1. The van der Waals surface area contributed by atoms with Crippen molar-refractivity contribution in [2.24, 2.45) is 11.3 Å². The highest BCUT2D eigenvalue weighted by atomic mass is 19.4. The topological polar surface area (TPSA) is 91.8 Å². The van der Waals surface area contributed by atoms with E-state index in [-0.39, 0.29) is 17.9 Å². The van der Waals surface area contributed by atoms with Crippen LogP contribution in [0.25, 0.3) is 0 Å². The molecule has 7 nitrogen and oxygen atoms in total. The average molecular weight is 556 g/mol. The van der Waals surface area contributed by atoms with E-state index in [1.807, 2.05) is 51.1 Å². The summed E-state index contributed by atoms with van der Waals surface area (Å²) >= 11 is 0. The zero-order valence-corrected chi connectivity index (χ0v) is 22.6. The van der Waals surface area contributed by atoms with E-state index in [0.717, 1.165) is 17.7 Å². The SMILES string of the molecule is COc1cc(C(F)(F)F)ccc1CN[C@H]1[C@H](C(C)(C)C)[C@@H](C(=O)O)N(C(=O)c2cccnc2)[C@H]1c1ccccc1. The molecule has 1 amide bonds. The highest BCUT2D eigenvalue weighted by Gasteiger charge is 2.58. The molecule has 2 heterocycles. The highest BCUT2D eigenvalue weighted by molar-refractivity contribution is 5.97. The number of ether oxygens (including phenoxy) is 1. The Hall–Kier alpha value is -3.92. The van der Waals surface area contributed by atoms with Gasteiger partial charge in [0, 0.05) is 36.5 Å². The Kier molecular flexibility index (Phi) is 8.20. The van der Waals surface area contributed by atoms with Crippen molar-refractivity contribution in [3.63, 3.8) is 0 Å². The molecule has 1 saturated heterocycles. The Morgan fingerprint density at radius 1 is 1.05 bits per heavy atom. The Balaban J connectivity index is 1.82. The average Bonchev–Trinajstić information content (AvgIpc) is 3.28. The van der Waals surface area contributed by atoms with Crippen LogP contribution < -0.4 is 10.1 Å². The molecular formula is C30H32F3N3O4. The minimum absolute atomic E-state index is 0.0574. The summed E-state index contributed by atoms with van der Waals surface area (Å²) in [5, 5.41) is 13.9. The van der Waals surface area contributed by atoms with Gasteiger partial charge in [0.25, 0.3) is 5.91 Å². The number of benzene rings is 2. The molecule has 0 bridgehead atoms. The molecule has 2 N–H and O–H groups in total. The highest BCUT2D eigenvalue weighted by Crippen LogP contribution is 2.48. The van der Waals surface area contributed by atoms with Gasteiger partial charge in [-0.3, -0.25) is 9.78 Å². The van der Waals surface area contributed by atoms with Crippen molar-refractivity contribution in [3.05, 3.63) is 95.3 Å². The van der Waals surface area contributed by atoms with Crippen LogP contribution in [0.1, 0.15) is 53.9 Å². The number of nitrogens with one attached hydrogen (secondary N) is 1. The van der Waals surface area contributed by atoms with Gasteiger partial charge in [0.05, 0.1) is 24.3 Å². The number of aliphatic carboxylic acids is 1. The van der Waals surface area contributed by atoms with Crippen molar-refractivity contribution >= 4 is 11.9 Å². The van der Waals surface area contributed by atoms with Crippen molar-refractivity contribution in [1.29, 1.82) is 0 Å². The van der Waals surface area contributed by atoms with Crippen LogP contribution in [0, 0.1) is 11.3 Å². The quantitative estimate of drug-likeness (QED) is 0.396. The molecule has 0 unspecified atom stereocenters. The number of pyridine rings is 1.